The molecule has 0 saturated heterocycles. The minimum atomic E-state index is -0.740. The minimum Gasteiger partial charge on any atom is -0.494 e. The summed E-state index contributed by atoms with van der Waals surface area (Å²) >= 11 is 7.34. The molecule has 0 spiro atoms. The van der Waals surface area contributed by atoms with Crippen molar-refractivity contribution in [1.82, 2.24) is 4.57 Å². The summed E-state index contributed by atoms with van der Waals surface area (Å²) in [5.41, 5.74) is 1.99. The summed E-state index contributed by atoms with van der Waals surface area (Å²) in [5.74, 6) is 0.485. The molecule has 9 nitrogen and oxygen atoms in total. The average molecular weight is 607 g/mol. The Balaban J connectivity index is 1.59. The van der Waals surface area contributed by atoms with Crippen LogP contribution in [-0.4, -0.2) is 36.8 Å². The smallest absolute Gasteiger partial charge is 0.339 e. The van der Waals surface area contributed by atoms with Crippen molar-refractivity contribution in [3.8, 4) is 17.1 Å². The Morgan fingerprint density at radius 2 is 1.83 bits per heavy atom. The molecule has 0 bridgehead atoms. The molecule has 3 heterocycles. The van der Waals surface area contributed by atoms with Crippen LogP contribution in [0.4, 0.5) is 0 Å². The van der Waals surface area contributed by atoms with Gasteiger partial charge in [0.15, 0.2) is 4.80 Å². The van der Waals surface area contributed by atoms with Crippen LogP contribution in [-0.2, 0) is 14.3 Å². The molecular weight excluding hydrogens is 580 g/mol. The van der Waals surface area contributed by atoms with Crippen LogP contribution in [0.15, 0.2) is 80.1 Å². The molecule has 0 aliphatic carbocycles. The predicted molar refractivity (Wildman–Crippen MR) is 159 cm³/mol. The van der Waals surface area contributed by atoms with E-state index in [0.29, 0.717) is 55.6 Å². The Labute approximate surface area is 249 Å². The van der Waals surface area contributed by atoms with E-state index in [-0.39, 0.29) is 22.8 Å². The lowest BCUT2D eigenvalue weighted by atomic mass is 9.96. The van der Waals surface area contributed by atoms with Gasteiger partial charge in [-0.2, -0.15) is 0 Å². The number of benzene rings is 2. The Morgan fingerprint density at radius 1 is 1.07 bits per heavy atom. The zero-order valence-electron chi connectivity index (χ0n) is 23.3. The standard InChI is InChI=1S/C31H27ClN2O7S/c1-5-39-20-10-7-18(8-11-20)27-26(30(37)40-6-2)17(3)33-31-34(27)28(35)25(42-31)16-21-12-14-24(41-21)19-9-13-23(32)22(15-19)29(36)38-4/h7-16,27H,5-6H2,1-4H3/b25-16-/t27-/m1/s1. The molecule has 0 N–H and O–H groups in total. The Hall–Kier alpha value is -4.41. The monoisotopic (exact) mass is 606 g/mol. The van der Waals surface area contributed by atoms with Crippen molar-refractivity contribution in [2.45, 2.75) is 26.8 Å². The SMILES string of the molecule is CCOC(=O)C1=C(C)N=c2s/c(=C\c3ccc(-c4ccc(Cl)c(C(=O)OC)c4)o3)c(=O)n2[C@@H]1c1ccc(OCC)cc1. The first-order chi connectivity index (χ1) is 20.2. The van der Waals surface area contributed by atoms with Crippen LogP contribution in [0, 0.1) is 0 Å². The van der Waals surface area contributed by atoms with E-state index < -0.39 is 18.0 Å². The van der Waals surface area contributed by atoms with Gasteiger partial charge in [-0.05, 0) is 68.8 Å². The highest BCUT2D eigenvalue weighted by molar-refractivity contribution is 7.07. The van der Waals surface area contributed by atoms with Gasteiger partial charge in [0.05, 0.1) is 52.8 Å². The molecule has 1 aliphatic rings. The van der Waals surface area contributed by atoms with E-state index in [9.17, 15) is 14.4 Å². The molecule has 1 aliphatic heterocycles. The van der Waals surface area contributed by atoms with E-state index in [1.54, 1.807) is 62.4 Å². The molecule has 0 fully saturated rings. The Kier molecular flexibility index (Phi) is 8.46. The quantitative estimate of drug-likeness (QED) is 0.263. The molecule has 0 amide bonds. The number of allylic oxidation sites excluding steroid dienone is 1. The van der Waals surface area contributed by atoms with E-state index in [1.807, 2.05) is 19.1 Å². The van der Waals surface area contributed by atoms with Crippen molar-refractivity contribution >= 4 is 41.0 Å². The lowest BCUT2D eigenvalue weighted by Crippen LogP contribution is -2.39. The highest BCUT2D eigenvalue weighted by Crippen LogP contribution is 2.32. The molecule has 2 aromatic carbocycles. The third-order valence-electron chi connectivity index (χ3n) is 6.58. The zero-order valence-corrected chi connectivity index (χ0v) is 24.9. The maximum absolute atomic E-state index is 13.8. The van der Waals surface area contributed by atoms with Crippen LogP contribution in [0.3, 0.4) is 0 Å². The lowest BCUT2D eigenvalue weighted by Gasteiger charge is -2.24. The Morgan fingerprint density at radius 3 is 2.52 bits per heavy atom. The number of thiazole rings is 1. The number of aromatic nitrogens is 1. The number of halogens is 1. The molecule has 11 heteroatoms. The number of furan rings is 1. The first-order valence-corrected chi connectivity index (χ1v) is 14.4. The summed E-state index contributed by atoms with van der Waals surface area (Å²) in [6.45, 7) is 6.06. The second-order valence-electron chi connectivity index (χ2n) is 9.19. The average Bonchev–Trinajstić information content (AvgIpc) is 3.57. The molecule has 42 heavy (non-hydrogen) atoms. The number of rotatable bonds is 8. The first kappa shape index (κ1) is 29.1. The van der Waals surface area contributed by atoms with Crippen molar-refractivity contribution in [2.24, 2.45) is 4.99 Å². The molecule has 1 atom stereocenters. The van der Waals surface area contributed by atoms with E-state index in [0.717, 1.165) is 0 Å². The molecule has 0 unspecified atom stereocenters. The fourth-order valence-corrected chi connectivity index (χ4v) is 5.90. The zero-order chi connectivity index (χ0) is 30.0. The predicted octanol–water partition coefficient (Wildman–Crippen LogP) is 4.90. The number of fused-ring (bicyclic) bond motifs is 1. The largest absolute Gasteiger partial charge is 0.494 e. The first-order valence-electron chi connectivity index (χ1n) is 13.2. The van der Waals surface area contributed by atoms with Gasteiger partial charge in [0.25, 0.3) is 5.56 Å². The summed E-state index contributed by atoms with van der Waals surface area (Å²) in [7, 11) is 1.28. The summed E-state index contributed by atoms with van der Waals surface area (Å²) < 4.78 is 23.6. The number of ether oxygens (including phenoxy) is 3. The van der Waals surface area contributed by atoms with Crippen LogP contribution >= 0.6 is 22.9 Å². The molecule has 5 rings (SSSR count). The molecular formula is C31H27ClN2O7S. The van der Waals surface area contributed by atoms with Gasteiger partial charge >= 0.3 is 11.9 Å². The summed E-state index contributed by atoms with van der Waals surface area (Å²) in [6, 6.07) is 14.9. The fourth-order valence-electron chi connectivity index (χ4n) is 4.68. The summed E-state index contributed by atoms with van der Waals surface area (Å²) in [5, 5.41) is 0.262. The fraction of sp³-hybridized carbons (Fsp3) is 0.226. The summed E-state index contributed by atoms with van der Waals surface area (Å²) in [4.78, 5) is 44.1. The van der Waals surface area contributed by atoms with E-state index >= 15 is 0 Å². The number of carbonyl (C=O) groups is 2. The second-order valence-corrected chi connectivity index (χ2v) is 10.6. The van der Waals surface area contributed by atoms with Crippen molar-refractivity contribution in [2.75, 3.05) is 20.3 Å². The minimum absolute atomic E-state index is 0.186. The van der Waals surface area contributed by atoms with E-state index in [1.165, 1.54) is 23.0 Å². The topological polar surface area (TPSA) is 109 Å². The van der Waals surface area contributed by atoms with Gasteiger partial charge in [0.1, 0.15) is 17.3 Å². The normalized spacial score (nSPS) is 14.8. The molecule has 4 aromatic rings. The number of carbonyl (C=O) groups excluding carboxylic acids is 2. The van der Waals surface area contributed by atoms with Crippen LogP contribution < -0.4 is 19.6 Å². The summed E-state index contributed by atoms with van der Waals surface area (Å²) in [6.07, 6.45) is 1.63. The number of hydrogen-bond acceptors (Lipinski definition) is 9. The molecule has 0 saturated carbocycles. The van der Waals surface area contributed by atoms with Crippen molar-refractivity contribution in [1.29, 1.82) is 0 Å². The van der Waals surface area contributed by atoms with E-state index in [2.05, 4.69) is 4.99 Å². The van der Waals surface area contributed by atoms with Gasteiger partial charge in [0.2, 0.25) is 0 Å². The third-order valence-corrected chi connectivity index (χ3v) is 7.89. The van der Waals surface area contributed by atoms with Gasteiger partial charge in [-0.3, -0.25) is 9.36 Å². The van der Waals surface area contributed by atoms with Gasteiger partial charge < -0.3 is 18.6 Å². The van der Waals surface area contributed by atoms with Gasteiger partial charge in [-0.25, -0.2) is 14.6 Å². The van der Waals surface area contributed by atoms with Gasteiger partial charge in [-0.15, -0.1) is 0 Å². The maximum atomic E-state index is 13.8. The number of methoxy groups -OCH3 is 1. The Bertz CT molecular complexity index is 1880. The van der Waals surface area contributed by atoms with Crippen molar-refractivity contribution < 1.29 is 28.2 Å². The van der Waals surface area contributed by atoms with Crippen LogP contribution in [0.1, 0.15) is 48.5 Å². The van der Waals surface area contributed by atoms with Crippen LogP contribution in [0.5, 0.6) is 5.75 Å². The highest BCUT2D eigenvalue weighted by Gasteiger charge is 2.33. The number of hydrogen-bond donors (Lipinski definition) is 0. The molecule has 0 radical (unpaired) electrons. The van der Waals surface area contributed by atoms with Crippen LogP contribution in [0.25, 0.3) is 17.4 Å². The van der Waals surface area contributed by atoms with Crippen molar-refractivity contribution in [3.63, 3.8) is 0 Å². The molecule has 216 valence electrons. The molecule has 2 aromatic heterocycles. The highest BCUT2D eigenvalue weighted by atomic mass is 35.5. The van der Waals surface area contributed by atoms with Crippen LogP contribution in [0.2, 0.25) is 5.02 Å². The van der Waals surface area contributed by atoms with E-state index in [4.69, 9.17) is 30.2 Å². The second kappa shape index (κ2) is 12.2. The number of esters is 2. The lowest BCUT2D eigenvalue weighted by molar-refractivity contribution is -0.139. The third kappa shape index (κ3) is 5.55. The van der Waals surface area contributed by atoms with Crippen molar-refractivity contribution in [3.05, 3.63) is 107 Å². The van der Waals surface area contributed by atoms with Gasteiger partial charge in [0, 0.05) is 11.6 Å². The number of nitrogens with zero attached hydrogens (tertiary/aromatic N) is 2. The maximum Gasteiger partial charge on any atom is 0.339 e. The van der Waals surface area contributed by atoms with Gasteiger partial charge in [-0.1, -0.05) is 35.1 Å².